The molecule has 1 aliphatic heterocycles. The molecule has 1 aromatic heterocycles. The molecule has 160 valence electrons. The number of aryl methyl sites for hydroxylation is 2. The van der Waals surface area contributed by atoms with Gasteiger partial charge < -0.3 is 15.4 Å². The van der Waals surface area contributed by atoms with E-state index in [1.807, 2.05) is 0 Å². The molecule has 2 atom stereocenters. The molecule has 3 rings (SSSR count). The van der Waals surface area contributed by atoms with Crippen molar-refractivity contribution in [1.29, 1.82) is 0 Å². The van der Waals surface area contributed by atoms with Gasteiger partial charge in [0.15, 0.2) is 0 Å². The Morgan fingerprint density at radius 3 is 2.66 bits per heavy atom. The van der Waals surface area contributed by atoms with Crippen LogP contribution in [0.5, 0.6) is 0 Å². The van der Waals surface area contributed by atoms with E-state index < -0.39 is 17.8 Å². The Kier molecular flexibility index (Phi) is 7.31. The molecule has 1 aromatic carbocycles. The van der Waals surface area contributed by atoms with Crippen LogP contribution in [0, 0.1) is 13.8 Å². The van der Waals surface area contributed by atoms with Crippen LogP contribution >= 0.6 is 12.4 Å². The number of amides is 1. The van der Waals surface area contributed by atoms with Crippen molar-refractivity contribution in [3.63, 3.8) is 0 Å². The van der Waals surface area contributed by atoms with Crippen LogP contribution < -0.4 is 10.6 Å². The minimum Gasteiger partial charge on any atom is -0.375 e. The molecule has 29 heavy (non-hydrogen) atoms. The number of ether oxygens (including phenoxy) is 1. The predicted octanol–water partition coefficient (Wildman–Crippen LogP) is 2.92. The molecule has 2 heterocycles. The lowest BCUT2D eigenvalue weighted by atomic mass is 10.0. The smallest absolute Gasteiger partial charge is 0.375 e. The van der Waals surface area contributed by atoms with Crippen LogP contribution in [0.4, 0.5) is 13.2 Å². The summed E-state index contributed by atoms with van der Waals surface area (Å²) < 4.78 is 47.7. The highest BCUT2D eigenvalue weighted by Gasteiger charge is 2.34. The third kappa shape index (κ3) is 5.29. The number of morpholine rings is 1. The number of hydrogen-bond acceptors (Lipinski definition) is 4. The second kappa shape index (κ2) is 9.15. The zero-order chi connectivity index (χ0) is 20.5. The fraction of sp³-hybridized carbons (Fsp3) is 0.474. The molecule has 10 heteroatoms. The highest BCUT2D eigenvalue weighted by atomic mass is 35.5. The first kappa shape index (κ1) is 23.2. The van der Waals surface area contributed by atoms with Crippen LogP contribution in [-0.2, 0) is 22.3 Å². The molecule has 0 saturated carbocycles. The van der Waals surface area contributed by atoms with Gasteiger partial charge in [0.1, 0.15) is 6.04 Å². The van der Waals surface area contributed by atoms with Gasteiger partial charge in [-0.25, -0.2) is 4.68 Å². The summed E-state index contributed by atoms with van der Waals surface area (Å²) in [5.41, 5.74) is 0.987. The summed E-state index contributed by atoms with van der Waals surface area (Å²) in [6.07, 6.45) is -4.89. The first-order chi connectivity index (χ1) is 13.2. The first-order valence-corrected chi connectivity index (χ1v) is 9.03. The largest absolute Gasteiger partial charge is 0.416 e. The fourth-order valence-electron chi connectivity index (χ4n) is 3.32. The molecule has 0 spiro atoms. The highest BCUT2D eigenvalue weighted by molar-refractivity contribution is 5.85. The van der Waals surface area contributed by atoms with Crippen LogP contribution in [-0.4, -0.2) is 41.0 Å². The number of benzene rings is 1. The van der Waals surface area contributed by atoms with Gasteiger partial charge in [0.05, 0.1) is 29.7 Å². The van der Waals surface area contributed by atoms with Crippen molar-refractivity contribution in [3.8, 4) is 5.69 Å². The van der Waals surface area contributed by atoms with Gasteiger partial charge in [-0.3, -0.25) is 4.79 Å². The number of rotatable bonds is 4. The fourth-order valence-corrected chi connectivity index (χ4v) is 3.32. The van der Waals surface area contributed by atoms with E-state index in [0.717, 1.165) is 17.5 Å². The number of nitrogens with zero attached hydrogens (tertiary/aromatic N) is 2. The molecule has 2 aromatic rings. The van der Waals surface area contributed by atoms with E-state index in [-0.39, 0.29) is 36.5 Å². The maximum absolute atomic E-state index is 13.6. The molecule has 1 aliphatic rings. The lowest BCUT2D eigenvalue weighted by Gasteiger charge is -2.29. The van der Waals surface area contributed by atoms with E-state index in [4.69, 9.17) is 4.74 Å². The van der Waals surface area contributed by atoms with E-state index >= 15 is 0 Å². The second-order valence-corrected chi connectivity index (χ2v) is 6.90. The molecule has 0 aliphatic carbocycles. The normalized spacial score (nSPS) is 19.5. The van der Waals surface area contributed by atoms with Gasteiger partial charge in [-0.05, 0) is 44.5 Å². The average molecular weight is 433 g/mol. The van der Waals surface area contributed by atoms with Crippen LogP contribution in [0.1, 0.15) is 29.4 Å². The van der Waals surface area contributed by atoms with Gasteiger partial charge in [-0.15, -0.1) is 12.4 Å². The van der Waals surface area contributed by atoms with E-state index in [0.29, 0.717) is 18.8 Å². The molecule has 1 fully saturated rings. The minimum atomic E-state index is -4.55. The summed E-state index contributed by atoms with van der Waals surface area (Å²) in [5, 5.41) is 9.83. The van der Waals surface area contributed by atoms with Gasteiger partial charge in [0, 0.05) is 18.8 Å². The van der Waals surface area contributed by atoms with Gasteiger partial charge in [-0.2, -0.15) is 18.3 Å². The Balaban J connectivity index is 0.00000300. The molecule has 0 bridgehead atoms. The molecule has 1 amide bonds. The topological polar surface area (TPSA) is 68.2 Å². The highest BCUT2D eigenvalue weighted by Crippen LogP contribution is 2.33. The Morgan fingerprint density at radius 1 is 1.34 bits per heavy atom. The monoisotopic (exact) mass is 432 g/mol. The van der Waals surface area contributed by atoms with E-state index in [1.165, 1.54) is 10.7 Å². The van der Waals surface area contributed by atoms with Crippen molar-refractivity contribution in [2.75, 3.05) is 13.2 Å². The molecule has 2 N–H and O–H groups in total. The zero-order valence-electron chi connectivity index (χ0n) is 16.3. The zero-order valence-corrected chi connectivity index (χ0v) is 17.2. The number of aromatic nitrogens is 2. The van der Waals surface area contributed by atoms with Crippen molar-refractivity contribution >= 4 is 18.3 Å². The van der Waals surface area contributed by atoms with Crippen LogP contribution in [0.2, 0.25) is 0 Å². The average Bonchev–Trinajstić information content (AvgIpc) is 2.97. The van der Waals surface area contributed by atoms with Gasteiger partial charge in [-0.1, -0.05) is 6.07 Å². The van der Waals surface area contributed by atoms with Crippen molar-refractivity contribution in [3.05, 3.63) is 46.8 Å². The Labute approximate surface area is 173 Å². The molecule has 1 saturated heterocycles. The van der Waals surface area contributed by atoms with Crippen LogP contribution in [0.25, 0.3) is 5.69 Å². The Morgan fingerprint density at radius 2 is 2.07 bits per heavy atom. The summed E-state index contributed by atoms with van der Waals surface area (Å²) in [6, 6.07) is 5.22. The first-order valence-electron chi connectivity index (χ1n) is 9.03. The van der Waals surface area contributed by atoms with Crippen molar-refractivity contribution in [2.45, 2.75) is 45.6 Å². The van der Waals surface area contributed by atoms with E-state index in [9.17, 15) is 18.0 Å². The summed E-state index contributed by atoms with van der Waals surface area (Å²) in [7, 11) is 0. The van der Waals surface area contributed by atoms with Crippen molar-refractivity contribution < 1.29 is 22.7 Å². The van der Waals surface area contributed by atoms with Crippen LogP contribution in [0.3, 0.4) is 0 Å². The minimum absolute atomic E-state index is 0. The quantitative estimate of drug-likeness (QED) is 0.779. The molecule has 0 radical (unpaired) electrons. The lowest BCUT2D eigenvalue weighted by Crippen LogP contribution is -2.55. The standard InChI is InChI=1S/C19H23F3N4O2.ClH/c1-11-8-12(2)26(25-11)15-5-4-14(16(9-15)19(20,21)22)10-24-18(27)17-13(3)28-7-6-23-17;/h4-5,8-9,13,17,23H,6-7,10H2,1-3H3,(H,24,27);1H/t13-,17+;/m1./s1. The van der Waals surface area contributed by atoms with Crippen LogP contribution in [0.15, 0.2) is 24.3 Å². The Hall–Kier alpha value is -2.10. The van der Waals surface area contributed by atoms with Crippen molar-refractivity contribution in [2.24, 2.45) is 0 Å². The number of alkyl halides is 3. The molecular formula is C19H24ClF3N4O2. The third-order valence-electron chi connectivity index (χ3n) is 4.71. The third-order valence-corrected chi connectivity index (χ3v) is 4.71. The predicted molar refractivity (Wildman–Crippen MR) is 104 cm³/mol. The van der Waals surface area contributed by atoms with E-state index in [2.05, 4.69) is 15.7 Å². The Bertz CT molecular complexity index is 870. The number of halogens is 4. The van der Waals surface area contributed by atoms with E-state index in [1.54, 1.807) is 32.9 Å². The maximum atomic E-state index is 13.6. The summed E-state index contributed by atoms with van der Waals surface area (Å²) in [6.45, 7) is 6.10. The SMILES string of the molecule is Cc1cc(C)n(-c2ccc(CNC(=O)[C@H]3NCCO[C@@H]3C)c(C(F)(F)F)c2)n1.Cl. The maximum Gasteiger partial charge on any atom is 0.416 e. The number of carbonyl (C=O) groups is 1. The number of carbonyl (C=O) groups excluding carboxylic acids is 1. The molecule has 0 unspecified atom stereocenters. The number of hydrogen-bond donors (Lipinski definition) is 2. The second-order valence-electron chi connectivity index (χ2n) is 6.90. The van der Waals surface area contributed by atoms with Gasteiger partial charge in [0.2, 0.25) is 5.91 Å². The van der Waals surface area contributed by atoms with Gasteiger partial charge in [0.25, 0.3) is 0 Å². The van der Waals surface area contributed by atoms with Crippen molar-refractivity contribution in [1.82, 2.24) is 20.4 Å². The number of nitrogens with one attached hydrogen (secondary N) is 2. The summed E-state index contributed by atoms with van der Waals surface area (Å²) >= 11 is 0. The lowest BCUT2D eigenvalue weighted by molar-refractivity contribution is -0.138. The summed E-state index contributed by atoms with van der Waals surface area (Å²) in [5.74, 6) is -0.386. The van der Waals surface area contributed by atoms with Gasteiger partial charge >= 0.3 is 6.18 Å². The summed E-state index contributed by atoms with van der Waals surface area (Å²) in [4.78, 5) is 12.3. The molecule has 6 nitrogen and oxygen atoms in total. The molecular weight excluding hydrogens is 409 g/mol.